The van der Waals surface area contributed by atoms with Crippen molar-refractivity contribution < 1.29 is 9.84 Å². The van der Waals surface area contributed by atoms with Crippen molar-refractivity contribution in [2.45, 2.75) is 13.8 Å². The fourth-order valence-corrected chi connectivity index (χ4v) is 1.13. The molecule has 0 saturated heterocycles. The summed E-state index contributed by atoms with van der Waals surface area (Å²) in [4.78, 5) is 0. The number of allylic oxidation sites excluding steroid dienone is 1. The van der Waals surface area contributed by atoms with Crippen LogP contribution in [0.2, 0.25) is 0 Å². The second-order valence-electron chi connectivity index (χ2n) is 2.89. The summed E-state index contributed by atoms with van der Waals surface area (Å²) >= 11 is 0. The fraction of sp³-hybridized carbons (Fsp3) is 0.273. The summed E-state index contributed by atoms with van der Waals surface area (Å²) in [5, 5.41) is 9.55. The van der Waals surface area contributed by atoms with E-state index in [1.807, 2.05) is 26.0 Å². The molecule has 70 valence electrons. The minimum Gasteiger partial charge on any atom is -0.507 e. The fourth-order valence-electron chi connectivity index (χ4n) is 1.13. The maximum atomic E-state index is 9.55. The van der Waals surface area contributed by atoms with Crippen LogP contribution in [0.5, 0.6) is 11.5 Å². The lowest BCUT2D eigenvalue weighted by molar-refractivity contribution is 0.337. The number of phenols is 1. The molecule has 0 aliphatic rings. The second kappa shape index (κ2) is 3.99. The van der Waals surface area contributed by atoms with Gasteiger partial charge in [0.15, 0.2) is 0 Å². The van der Waals surface area contributed by atoms with Crippen molar-refractivity contribution in [2.75, 3.05) is 6.61 Å². The Morgan fingerprint density at radius 2 is 2.23 bits per heavy atom. The molecule has 2 nitrogen and oxygen atoms in total. The molecule has 1 N–H and O–H groups in total. The maximum absolute atomic E-state index is 9.55. The first-order valence-corrected chi connectivity index (χ1v) is 4.27. The van der Waals surface area contributed by atoms with Crippen LogP contribution >= 0.6 is 0 Å². The topological polar surface area (TPSA) is 29.5 Å². The molecule has 0 aromatic heterocycles. The van der Waals surface area contributed by atoms with E-state index in [0.717, 1.165) is 11.1 Å². The number of hydrogen-bond acceptors (Lipinski definition) is 2. The Kier molecular flexibility index (Phi) is 2.96. The molecule has 1 rings (SSSR count). The zero-order valence-corrected chi connectivity index (χ0v) is 8.00. The van der Waals surface area contributed by atoms with Gasteiger partial charge in [-0.3, -0.25) is 0 Å². The van der Waals surface area contributed by atoms with Gasteiger partial charge in [0, 0.05) is 11.6 Å². The van der Waals surface area contributed by atoms with Crippen molar-refractivity contribution in [3.05, 3.63) is 30.3 Å². The molecule has 0 amide bonds. The Hall–Kier alpha value is -1.44. The van der Waals surface area contributed by atoms with Gasteiger partial charge < -0.3 is 9.84 Å². The van der Waals surface area contributed by atoms with Crippen LogP contribution in [-0.4, -0.2) is 11.7 Å². The molecule has 1 aromatic carbocycles. The van der Waals surface area contributed by atoms with Crippen molar-refractivity contribution in [1.82, 2.24) is 0 Å². The van der Waals surface area contributed by atoms with E-state index in [1.165, 1.54) is 0 Å². The van der Waals surface area contributed by atoms with Crippen molar-refractivity contribution >= 4 is 5.57 Å². The molecular formula is C11H14O2. The number of hydrogen-bond donors (Lipinski definition) is 1. The molecule has 13 heavy (non-hydrogen) atoms. The monoisotopic (exact) mass is 178 g/mol. The predicted octanol–water partition coefficient (Wildman–Crippen LogP) is 2.82. The van der Waals surface area contributed by atoms with Gasteiger partial charge in [0.2, 0.25) is 0 Å². The SMILES string of the molecule is C=C(C)c1ccc(OCC)cc1O. The average molecular weight is 178 g/mol. The standard InChI is InChI=1S/C11H14O2/c1-4-13-9-5-6-10(8(2)3)11(12)7-9/h5-7,12H,2,4H2,1,3H3. The zero-order valence-electron chi connectivity index (χ0n) is 8.00. The van der Waals surface area contributed by atoms with Gasteiger partial charge in [-0.15, -0.1) is 0 Å². The smallest absolute Gasteiger partial charge is 0.126 e. The molecule has 0 aliphatic carbocycles. The van der Waals surface area contributed by atoms with E-state index in [2.05, 4.69) is 6.58 Å². The van der Waals surface area contributed by atoms with Gasteiger partial charge in [0.1, 0.15) is 11.5 Å². The summed E-state index contributed by atoms with van der Waals surface area (Å²) in [5.74, 6) is 0.906. The third kappa shape index (κ3) is 2.25. The molecule has 0 heterocycles. The number of rotatable bonds is 3. The summed E-state index contributed by atoms with van der Waals surface area (Å²) in [6.07, 6.45) is 0. The Bertz CT molecular complexity index is 316. The van der Waals surface area contributed by atoms with Crippen LogP contribution in [0.4, 0.5) is 0 Å². The average Bonchev–Trinajstić information content (AvgIpc) is 2.04. The Labute approximate surface area is 78.5 Å². The predicted molar refractivity (Wildman–Crippen MR) is 54.0 cm³/mol. The first-order chi connectivity index (χ1) is 6.15. The van der Waals surface area contributed by atoms with E-state index in [9.17, 15) is 5.11 Å². The summed E-state index contributed by atoms with van der Waals surface area (Å²) in [6.45, 7) is 8.13. The van der Waals surface area contributed by atoms with Gasteiger partial charge in [0.05, 0.1) is 6.61 Å². The van der Waals surface area contributed by atoms with Gasteiger partial charge in [-0.05, 0) is 31.6 Å². The van der Waals surface area contributed by atoms with E-state index in [1.54, 1.807) is 6.07 Å². The maximum Gasteiger partial charge on any atom is 0.126 e. The number of aromatic hydroxyl groups is 1. The highest BCUT2D eigenvalue weighted by molar-refractivity contribution is 5.67. The van der Waals surface area contributed by atoms with Crippen molar-refractivity contribution in [2.24, 2.45) is 0 Å². The summed E-state index contributed by atoms with van der Waals surface area (Å²) in [6, 6.07) is 5.24. The van der Waals surface area contributed by atoms with Gasteiger partial charge in [-0.2, -0.15) is 0 Å². The van der Waals surface area contributed by atoms with Gasteiger partial charge >= 0.3 is 0 Å². The Balaban J connectivity index is 2.98. The molecule has 0 bridgehead atoms. The van der Waals surface area contributed by atoms with Crippen LogP contribution in [-0.2, 0) is 0 Å². The highest BCUT2D eigenvalue weighted by Crippen LogP contribution is 2.27. The highest BCUT2D eigenvalue weighted by Gasteiger charge is 2.02. The normalized spacial score (nSPS) is 9.69. The third-order valence-corrected chi connectivity index (χ3v) is 1.74. The largest absolute Gasteiger partial charge is 0.507 e. The van der Waals surface area contributed by atoms with E-state index >= 15 is 0 Å². The molecule has 0 spiro atoms. The van der Waals surface area contributed by atoms with Crippen LogP contribution in [0.25, 0.3) is 5.57 Å². The summed E-state index contributed by atoms with van der Waals surface area (Å²) < 4.78 is 5.23. The van der Waals surface area contributed by atoms with Crippen LogP contribution in [0.15, 0.2) is 24.8 Å². The first kappa shape index (κ1) is 9.65. The van der Waals surface area contributed by atoms with Crippen LogP contribution < -0.4 is 4.74 Å². The molecular weight excluding hydrogens is 164 g/mol. The minimum atomic E-state index is 0.221. The van der Waals surface area contributed by atoms with Crippen molar-refractivity contribution in [3.8, 4) is 11.5 Å². The van der Waals surface area contributed by atoms with Crippen LogP contribution in [0, 0.1) is 0 Å². The van der Waals surface area contributed by atoms with Gasteiger partial charge in [-0.1, -0.05) is 6.58 Å². The van der Waals surface area contributed by atoms with Crippen molar-refractivity contribution in [3.63, 3.8) is 0 Å². The van der Waals surface area contributed by atoms with Gasteiger partial charge in [-0.25, -0.2) is 0 Å². The summed E-state index contributed by atoms with van der Waals surface area (Å²) in [7, 11) is 0. The van der Waals surface area contributed by atoms with Crippen molar-refractivity contribution in [1.29, 1.82) is 0 Å². The molecule has 0 atom stereocenters. The third-order valence-electron chi connectivity index (χ3n) is 1.74. The van der Waals surface area contributed by atoms with E-state index < -0.39 is 0 Å². The second-order valence-corrected chi connectivity index (χ2v) is 2.89. The lowest BCUT2D eigenvalue weighted by atomic mass is 10.1. The molecule has 0 aliphatic heterocycles. The number of benzene rings is 1. The molecule has 0 radical (unpaired) electrons. The molecule has 0 unspecified atom stereocenters. The number of ether oxygens (including phenoxy) is 1. The Morgan fingerprint density at radius 3 is 2.69 bits per heavy atom. The lowest BCUT2D eigenvalue weighted by Crippen LogP contribution is -1.91. The quantitative estimate of drug-likeness (QED) is 0.771. The molecule has 2 heteroatoms. The minimum absolute atomic E-state index is 0.221. The Morgan fingerprint density at radius 1 is 1.54 bits per heavy atom. The number of phenolic OH excluding ortho intramolecular Hbond substituents is 1. The molecule has 0 fully saturated rings. The lowest BCUT2D eigenvalue weighted by Gasteiger charge is -2.07. The molecule has 0 saturated carbocycles. The molecule has 1 aromatic rings. The van der Waals surface area contributed by atoms with E-state index in [-0.39, 0.29) is 5.75 Å². The van der Waals surface area contributed by atoms with E-state index in [0.29, 0.717) is 12.4 Å². The highest BCUT2D eigenvalue weighted by atomic mass is 16.5. The van der Waals surface area contributed by atoms with Crippen LogP contribution in [0.1, 0.15) is 19.4 Å². The van der Waals surface area contributed by atoms with Crippen LogP contribution in [0.3, 0.4) is 0 Å². The van der Waals surface area contributed by atoms with Gasteiger partial charge in [0.25, 0.3) is 0 Å². The zero-order chi connectivity index (χ0) is 9.84. The summed E-state index contributed by atoms with van der Waals surface area (Å²) in [5.41, 5.74) is 1.61. The van der Waals surface area contributed by atoms with E-state index in [4.69, 9.17) is 4.74 Å². The first-order valence-electron chi connectivity index (χ1n) is 4.27.